The molecule has 3 aliphatic heterocycles. The molecule has 0 unspecified atom stereocenters. The van der Waals surface area contributed by atoms with Crippen molar-refractivity contribution in [3.05, 3.63) is 29.8 Å². The number of sulfonamides is 1. The van der Waals surface area contributed by atoms with Gasteiger partial charge in [-0.1, -0.05) is 25.5 Å². The third kappa shape index (κ3) is 4.50. The van der Waals surface area contributed by atoms with E-state index in [0.29, 0.717) is 50.3 Å². The molecule has 2 saturated heterocycles. The summed E-state index contributed by atoms with van der Waals surface area (Å²) in [5.74, 6) is 0.542. The smallest absolute Gasteiger partial charge is 0.285 e. The molecule has 0 N–H and O–H groups in total. The standard InChI is InChI=1S/C21H29N3O5S2/c1-2-3-11-24(17-10-14-30(26,27)15-17)21(25)16-8-12-23(13-9-16)20-18-6-4-5-7-19(18)31(28,29)22-20/h4-7,16-17H,2-3,8-15H2,1H3/t17-/m0/s1. The van der Waals surface area contributed by atoms with Crippen LogP contribution in [0.2, 0.25) is 0 Å². The van der Waals surface area contributed by atoms with Gasteiger partial charge in [0.25, 0.3) is 10.0 Å². The first-order valence-corrected chi connectivity index (χ1v) is 14.2. The number of fused-ring (bicyclic) bond motifs is 1. The summed E-state index contributed by atoms with van der Waals surface area (Å²) in [4.78, 5) is 17.3. The van der Waals surface area contributed by atoms with Crippen molar-refractivity contribution < 1.29 is 21.6 Å². The van der Waals surface area contributed by atoms with Crippen LogP contribution in [0, 0.1) is 5.92 Å². The van der Waals surface area contributed by atoms with Gasteiger partial charge in [-0.25, -0.2) is 8.42 Å². The van der Waals surface area contributed by atoms with Gasteiger partial charge in [-0.15, -0.1) is 4.40 Å². The molecule has 31 heavy (non-hydrogen) atoms. The Kier molecular flexibility index (Phi) is 6.13. The Balaban J connectivity index is 1.45. The molecule has 2 fully saturated rings. The Morgan fingerprint density at radius 3 is 2.48 bits per heavy atom. The number of carbonyl (C=O) groups is 1. The molecular weight excluding hydrogens is 438 g/mol. The number of amides is 1. The van der Waals surface area contributed by atoms with Gasteiger partial charge in [-0.3, -0.25) is 4.79 Å². The lowest BCUT2D eigenvalue weighted by atomic mass is 9.93. The monoisotopic (exact) mass is 467 g/mol. The van der Waals surface area contributed by atoms with Crippen molar-refractivity contribution in [1.29, 1.82) is 0 Å². The Labute approximate surface area is 184 Å². The zero-order valence-electron chi connectivity index (χ0n) is 17.7. The van der Waals surface area contributed by atoms with Crippen molar-refractivity contribution in [3.8, 4) is 0 Å². The lowest BCUT2D eigenvalue weighted by Crippen LogP contribution is -2.48. The first-order valence-electron chi connectivity index (χ1n) is 10.9. The van der Waals surface area contributed by atoms with Gasteiger partial charge in [0.1, 0.15) is 4.90 Å². The van der Waals surface area contributed by atoms with Crippen LogP contribution in [0.25, 0.3) is 0 Å². The van der Waals surface area contributed by atoms with Crippen LogP contribution in [0.15, 0.2) is 33.6 Å². The average molecular weight is 468 g/mol. The van der Waals surface area contributed by atoms with Gasteiger partial charge in [0.15, 0.2) is 15.7 Å². The Hall–Kier alpha value is -1.94. The SMILES string of the molecule is CCCCN(C(=O)C1CCN(C2=NS(=O)(=O)c3ccccc32)CC1)[C@H]1CCS(=O)(=O)C1. The second-order valence-corrected chi connectivity index (χ2v) is 12.4. The van der Waals surface area contributed by atoms with E-state index in [4.69, 9.17) is 0 Å². The summed E-state index contributed by atoms with van der Waals surface area (Å²) < 4.78 is 52.6. The first-order chi connectivity index (χ1) is 14.7. The summed E-state index contributed by atoms with van der Waals surface area (Å²) >= 11 is 0. The molecular formula is C21H29N3O5S2. The molecule has 3 aliphatic rings. The minimum absolute atomic E-state index is 0.0385. The fourth-order valence-corrected chi connectivity index (χ4v) is 7.67. The number of rotatable bonds is 5. The van der Waals surface area contributed by atoms with Crippen molar-refractivity contribution in [1.82, 2.24) is 9.80 Å². The Bertz CT molecular complexity index is 1090. The van der Waals surface area contributed by atoms with Gasteiger partial charge in [0.05, 0.1) is 11.5 Å². The van der Waals surface area contributed by atoms with Crippen molar-refractivity contribution in [3.63, 3.8) is 0 Å². The summed E-state index contributed by atoms with van der Waals surface area (Å²) in [6, 6.07) is 6.60. The minimum Gasteiger partial charge on any atom is -0.355 e. The minimum atomic E-state index is -3.67. The van der Waals surface area contributed by atoms with E-state index in [1.165, 1.54) is 0 Å². The van der Waals surface area contributed by atoms with Crippen LogP contribution in [0.1, 0.15) is 44.6 Å². The summed E-state index contributed by atoms with van der Waals surface area (Å²) in [6.45, 7) is 3.74. The third-order valence-electron chi connectivity index (χ3n) is 6.44. The summed E-state index contributed by atoms with van der Waals surface area (Å²) in [6.07, 6.45) is 3.51. The molecule has 1 aromatic carbocycles. The number of likely N-dealkylation sites (tertiary alicyclic amines) is 1. The topological polar surface area (TPSA) is 104 Å². The molecule has 0 spiro atoms. The summed E-state index contributed by atoms with van der Waals surface area (Å²) in [5, 5.41) is 0. The molecule has 0 radical (unpaired) electrons. The number of hydrogen-bond donors (Lipinski definition) is 0. The number of amidine groups is 1. The van der Waals surface area contributed by atoms with Gasteiger partial charge < -0.3 is 9.80 Å². The van der Waals surface area contributed by atoms with Crippen molar-refractivity contribution >= 4 is 31.6 Å². The normalized spacial score (nSPS) is 24.6. The zero-order chi connectivity index (χ0) is 22.2. The van der Waals surface area contributed by atoms with Crippen molar-refractivity contribution in [2.45, 2.75) is 50.0 Å². The highest BCUT2D eigenvalue weighted by Gasteiger charge is 2.39. The van der Waals surface area contributed by atoms with E-state index >= 15 is 0 Å². The molecule has 1 atom stereocenters. The molecule has 1 aromatic rings. The fourth-order valence-electron chi connectivity index (χ4n) is 4.71. The average Bonchev–Trinajstić information content (AvgIpc) is 3.24. The number of sulfone groups is 1. The van der Waals surface area contributed by atoms with Gasteiger partial charge in [0.2, 0.25) is 5.91 Å². The molecule has 0 aliphatic carbocycles. The van der Waals surface area contributed by atoms with E-state index in [1.54, 1.807) is 29.2 Å². The van der Waals surface area contributed by atoms with Crippen LogP contribution in [0.3, 0.4) is 0 Å². The third-order valence-corrected chi connectivity index (χ3v) is 9.52. The number of hydrogen-bond acceptors (Lipinski definition) is 6. The Morgan fingerprint density at radius 1 is 1.13 bits per heavy atom. The van der Waals surface area contributed by atoms with Gasteiger partial charge in [-0.05, 0) is 37.8 Å². The predicted octanol–water partition coefficient (Wildman–Crippen LogP) is 1.66. The molecule has 0 aromatic heterocycles. The van der Waals surface area contributed by atoms with Gasteiger partial charge in [0, 0.05) is 37.2 Å². The molecule has 1 amide bonds. The second kappa shape index (κ2) is 8.54. The van der Waals surface area contributed by atoms with E-state index in [0.717, 1.165) is 12.8 Å². The van der Waals surface area contributed by atoms with Crippen LogP contribution < -0.4 is 0 Å². The maximum Gasteiger partial charge on any atom is 0.285 e. The van der Waals surface area contributed by atoms with Crippen molar-refractivity contribution in [2.24, 2.45) is 10.3 Å². The molecule has 3 heterocycles. The van der Waals surface area contributed by atoms with Crippen LogP contribution in [-0.4, -0.2) is 75.6 Å². The largest absolute Gasteiger partial charge is 0.355 e. The van der Waals surface area contributed by atoms with Crippen LogP contribution in [0.4, 0.5) is 0 Å². The van der Waals surface area contributed by atoms with Gasteiger partial charge in [-0.2, -0.15) is 8.42 Å². The van der Waals surface area contributed by atoms with Crippen LogP contribution in [0.5, 0.6) is 0 Å². The maximum atomic E-state index is 13.3. The van der Waals surface area contributed by atoms with E-state index < -0.39 is 19.9 Å². The number of unbranched alkanes of at least 4 members (excludes halogenated alkanes) is 1. The number of carbonyl (C=O) groups excluding carboxylic acids is 1. The van der Waals surface area contributed by atoms with Crippen LogP contribution >= 0.6 is 0 Å². The lowest BCUT2D eigenvalue weighted by molar-refractivity contribution is -0.138. The van der Waals surface area contributed by atoms with E-state index in [-0.39, 0.29) is 34.3 Å². The molecule has 170 valence electrons. The van der Waals surface area contributed by atoms with Crippen molar-refractivity contribution in [2.75, 3.05) is 31.1 Å². The number of nitrogens with zero attached hydrogens (tertiary/aromatic N) is 3. The molecule has 0 bridgehead atoms. The molecule has 4 rings (SSSR count). The second-order valence-electron chi connectivity index (χ2n) is 8.59. The molecule has 8 nitrogen and oxygen atoms in total. The highest BCUT2D eigenvalue weighted by atomic mass is 32.2. The quantitative estimate of drug-likeness (QED) is 0.652. The van der Waals surface area contributed by atoms with Gasteiger partial charge >= 0.3 is 0 Å². The van der Waals surface area contributed by atoms with E-state index in [2.05, 4.69) is 11.3 Å². The predicted molar refractivity (Wildman–Crippen MR) is 118 cm³/mol. The maximum absolute atomic E-state index is 13.3. The highest BCUT2D eigenvalue weighted by molar-refractivity contribution is 7.91. The van der Waals surface area contributed by atoms with Crippen LogP contribution in [-0.2, 0) is 24.7 Å². The lowest BCUT2D eigenvalue weighted by Gasteiger charge is -2.37. The highest BCUT2D eigenvalue weighted by Crippen LogP contribution is 2.31. The van der Waals surface area contributed by atoms with E-state index in [9.17, 15) is 21.6 Å². The fraction of sp³-hybridized carbons (Fsp3) is 0.619. The summed E-state index contributed by atoms with van der Waals surface area (Å²) in [5.41, 5.74) is 0.619. The summed E-state index contributed by atoms with van der Waals surface area (Å²) in [7, 11) is -6.73. The first kappa shape index (κ1) is 22.3. The number of piperidine rings is 1. The zero-order valence-corrected chi connectivity index (χ0v) is 19.4. The van der Waals surface area contributed by atoms with E-state index in [1.807, 2.05) is 4.90 Å². The Morgan fingerprint density at radius 2 is 1.84 bits per heavy atom. The molecule has 0 saturated carbocycles. The molecule has 10 heteroatoms. The number of benzene rings is 1.